The summed E-state index contributed by atoms with van der Waals surface area (Å²) in [5, 5.41) is 12.2. The van der Waals surface area contributed by atoms with E-state index >= 15 is 0 Å². The highest BCUT2D eigenvalue weighted by Gasteiger charge is 2.10. The van der Waals surface area contributed by atoms with Gasteiger partial charge in [-0.1, -0.05) is 12.1 Å². The van der Waals surface area contributed by atoms with Crippen molar-refractivity contribution < 1.29 is 4.79 Å². The first kappa shape index (κ1) is 14.1. The maximum absolute atomic E-state index is 11.0. The minimum absolute atomic E-state index is 0.175. The van der Waals surface area contributed by atoms with E-state index in [4.69, 9.17) is 5.26 Å². The molecule has 0 spiro atoms. The number of rotatable bonds is 4. The molecular weight excluding hydrogens is 252 g/mol. The number of nitrogens with zero attached hydrogens (tertiary/aromatic N) is 3. The molecule has 0 aromatic heterocycles. The Kier molecular flexibility index (Phi) is 5.13. The normalized spacial score (nSPS) is 15.1. The summed E-state index contributed by atoms with van der Waals surface area (Å²) in [6.07, 6.45) is 5.24. The monoisotopic (exact) mass is 270 g/mol. The summed E-state index contributed by atoms with van der Waals surface area (Å²) in [6.45, 7) is 2.25. The van der Waals surface area contributed by atoms with E-state index < -0.39 is 5.91 Å². The Morgan fingerprint density at radius 3 is 2.65 bits per heavy atom. The Morgan fingerprint density at radius 1 is 1.30 bits per heavy atom. The fourth-order valence-corrected chi connectivity index (χ4v) is 2.21. The van der Waals surface area contributed by atoms with Gasteiger partial charge in [-0.25, -0.2) is 5.43 Å². The standard InChI is InChI=1S/C15H18N4O/c16-9-8-15(20)18-17-12-13-4-6-14(7-5-13)19-10-2-1-3-11-19/h4-7,12H,1-3,8,10-11H2,(H,18,20). The van der Waals surface area contributed by atoms with Gasteiger partial charge in [0.15, 0.2) is 0 Å². The third kappa shape index (κ3) is 4.09. The van der Waals surface area contributed by atoms with Crippen LogP contribution in [0.15, 0.2) is 29.4 Å². The van der Waals surface area contributed by atoms with Crippen LogP contribution < -0.4 is 10.3 Å². The van der Waals surface area contributed by atoms with Gasteiger partial charge in [-0.2, -0.15) is 10.4 Å². The van der Waals surface area contributed by atoms with E-state index in [1.807, 2.05) is 12.1 Å². The number of hydrogen-bond acceptors (Lipinski definition) is 4. The SMILES string of the molecule is N#CCC(=O)NN=Cc1ccc(N2CCCCC2)cc1. The van der Waals surface area contributed by atoms with Gasteiger partial charge in [0.2, 0.25) is 0 Å². The fourth-order valence-electron chi connectivity index (χ4n) is 2.21. The number of benzene rings is 1. The van der Waals surface area contributed by atoms with Crippen molar-refractivity contribution in [3.8, 4) is 6.07 Å². The maximum Gasteiger partial charge on any atom is 0.254 e. The molecule has 0 bridgehead atoms. The fraction of sp³-hybridized carbons (Fsp3) is 0.400. The van der Waals surface area contributed by atoms with Crippen LogP contribution in [0.1, 0.15) is 31.2 Å². The predicted octanol–water partition coefficient (Wildman–Crippen LogP) is 2.04. The van der Waals surface area contributed by atoms with Crippen molar-refractivity contribution in [2.24, 2.45) is 5.10 Å². The average molecular weight is 270 g/mol. The van der Waals surface area contributed by atoms with Gasteiger partial charge in [0, 0.05) is 18.8 Å². The summed E-state index contributed by atoms with van der Waals surface area (Å²) in [7, 11) is 0. The van der Waals surface area contributed by atoms with E-state index in [0.717, 1.165) is 18.7 Å². The zero-order valence-corrected chi connectivity index (χ0v) is 11.4. The molecule has 1 fully saturated rings. The van der Waals surface area contributed by atoms with Gasteiger partial charge in [0.05, 0.1) is 12.3 Å². The zero-order chi connectivity index (χ0) is 14.2. The molecule has 1 heterocycles. The van der Waals surface area contributed by atoms with Gasteiger partial charge in [-0.3, -0.25) is 4.79 Å². The average Bonchev–Trinajstić information content (AvgIpc) is 2.49. The molecular formula is C15H18N4O. The number of hydrazone groups is 1. The minimum atomic E-state index is -0.395. The molecule has 0 unspecified atom stereocenters. The van der Waals surface area contributed by atoms with Gasteiger partial charge in [-0.05, 0) is 37.0 Å². The van der Waals surface area contributed by atoms with Gasteiger partial charge in [0.25, 0.3) is 5.91 Å². The number of amides is 1. The van der Waals surface area contributed by atoms with Crippen molar-refractivity contribution in [2.75, 3.05) is 18.0 Å². The number of piperidine rings is 1. The van der Waals surface area contributed by atoms with Crippen LogP contribution >= 0.6 is 0 Å². The number of anilines is 1. The number of carbonyl (C=O) groups is 1. The molecule has 5 nitrogen and oxygen atoms in total. The van der Waals surface area contributed by atoms with E-state index in [1.54, 1.807) is 12.3 Å². The summed E-state index contributed by atoms with van der Waals surface area (Å²) in [4.78, 5) is 13.4. The molecule has 1 aliphatic heterocycles. The lowest BCUT2D eigenvalue weighted by atomic mass is 10.1. The lowest BCUT2D eigenvalue weighted by Gasteiger charge is -2.28. The highest BCUT2D eigenvalue weighted by molar-refractivity contribution is 5.83. The van der Waals surface area contributed by atoms with Gasteiger partial charge in [0.1, 0.15) is 6.42 Å². The van der Waals surface area contributed by atoms with Crippen LogP contribution in [0.5, 0.6) is 0 Å². The van der Waals surface area contributed by atoms with Gasteiger partial charge < -0.3 is 4.90 Å². The number of nitrogens with one attached hydrogen (secondary N) is 1. The Labute approximate surface area is 118 Å². The molecule has 104 valence electrons. The molecule has 1 N–H and O–H groups in total. The highest BCUT2D eigenvalue weighted by Crippen LogP contribution is 2.19. The third-order valence-corrected chi connectivity index (χ3v) is 3.26. The van der Waals surface area contributed by atoms with Crippen LogP contribution in [0, 0.1) is 11.3 Å². The molecule has 1 aromatic carbocycles. The first-order valence-electron chi connectivity index (χ1n) is 6.83. The van der Waals surface area contributed by atoms with Crippen LogP contribution in [0.4, 0.5) is 5.69 Å². The summed E-state index contributed by atoms with van der Waals surface area (Å²) in [5.74, 6) is -0.395. The van der Waals surface area contributed by atoms with Crippen molar-refractivity contribution in [1.29, 1.82) is 5.26 Å². The summed E-state index contributed by atoms with van der Waals surface area (Å²) in [6, 6.07) is 9.87. The second kappa shape index (κ2) is 7.29. The molecule has 0 aliphatic carbocycles. The maximum atomic E-state index is 11.0. The summed E-state index contributed by atoms with van der Waals surface area (Å²) >= 11 is 0. The highest BCUT2D eigenvalue weighted by atomic mass is 16.2. The molecule has 20 heavy (non-hydrogen) atoms. The van der Waals surface area contributed by atoms with E-state index in [-0.39, 0.29) is 6.42 Å². The Bertz CT molecular complexity index is 510. The second-order valence-corrected chi connectivity index (χ2v) is 4.77. The van der Waals surface area contributed by atoms with Crippen LogP contribution in [0.3, 0.4) is 0 Å². The third-order valence-electron chi connectivity index (χ3n) is 3.26. The van der Waals surface area contributed by atoms with Crippen LogP contribution in [-0.4, -0.2) is 25.2 Å². The molecule has 0 saturated carbocycles. The van der Waals surface area contributed by atoms with Crippen molar-refractivity contribution in [1.82, 2.24) is 5.43 Å². The lowest BCUT2D eigenvalue weighted by molar-refractivity contribution is -0.120. The van der Waals surface area contributed by atoms with Gasteiger partial charge in [-0.15, -0.1) is 0 Å². The quantitative estimate of drug-likeness (QED) is 0.672. The summed E-state index contributed by atoms with van der Waals surface area (Å²) < 4.78 is 0. The smallest absolute Gasteiger partial charge is 0.254 e. The largest absolute Gasteiger partial charge is 0.372 e. The molecule has 0 radical (unpaired) electrons. The molecule has 2 rings (SSSR count). The Balaban J connectivity index is 1.89. The molecule has 1 saturated heterocycles. The molecule has 1 aromatic rings. The number of hydrogen-bond donors (Lipinski definition) is 1. The predicted molar refractivity (Wildman–Crippen MR) is 78.5 cm³/mol. The zero-order valence-electron chi connectivity index (χ0n) is 11.4. The Hall–Kier alpha value is -2.35. The minimum Gasteiger partial charge on any atom is -0.372 e. The Morgan fingerprint density at radius 2 is 2.00 bits per heavy atom. The topological polar surface area (TPSA) is 68.5 Å². The number of nitriles is 1. The summed E-state index contributed by atoms with van der Waals surface area (Å²) in [5.41, 5.74) is 4.46. The van der Waals surface area contributed by atoms with Gasteiger partial charge >= 0.3 is 0 Å². The van der Waals surface area contributed by atoms with Crippen molar-refractivity contribution in [3.05, 3.63) is 29.8 Å². The first-order valence-corrected chi connectivity index (χ1v) is 6.83. The molecule has 1 amide bonds. The van der Waals surface area contributed by atoms with Crippen molar-refractivity contribution in [2.45, 2.75) is 25.7 Å². The molecule has 5 heteroatoms. The van der Waals surface area contributed by atoms with Crippen LogP contribution in [0.2, 0.25) is 0 Å². The molecule has 0 atom stereocenters. The van der Waals surface area contributed by atoms with Crippen molar-refractivity contribution >= 4 is 17.8 Å². The van der Waals surface area contributed by atoms with E-state index in [0.29, 0.717) is 0 Å². The van der Waals surface area contributed by atoms with E-state index in [9.17, 15) is 4.79 Å². The number of carbonyl (C=O) groups excluding carboxylic acids is 1. The van der Waals surface area contributed by atoms with Crippen LogP contribution in [-0.2, 0) is 4.79 Å². The van der Waals surface area contributed by atoms with E-state index in [1.165, 1.54) is 24.9 Å². The second-order valence-electron chi connectivity index (χ2n) is 4.77. The molecule has 1 aliphatic rings. The van der Waals surface area contributed by atoms with Crippen molar-refractivity contribution in [3.63, 3.8) is 0 Å². The first-order chi connectivity index (χ1) is 9.79. The van der Waals surface area contributed by atoms with Crippen LogP contribution in [0.25, 0.3) is 0 Å². The van der Waals surface area contributed by atoms with E-state index in [2.05, 4.69) is 27.6 Å². The lowest BCUT2D eigenvalue weighted by Crippen LogP contribution is -2.29.